The lowest BCUT2D eigenvalue weighted by Gasteiger charge is -2.10. The molecule has 0 aliphatic carbocycles. The van der Waals surface area contributed by atoms with Crippen molar-refractivity contribution >= 4 is 50.6 Å². The molecule has 0 fully saturated rings. The quantitative estimate of drug-likeness (QED) is 0.121. The molecule has 10 aromatic rings. The number of amidine groups is 1. The third-order valence-electron chi connectivity index (χ3n) is 9.70. The van der Waals surface area contributed by atoms with E-state index < -0.39 is 0 Å². The van der Waals surface area contributed by atoms with Gasteiger partial charge < -0.3 is 8.83 Å². The molecule has 264 valence electrons. The number of hydrogen-bond donors (Lipinski definition) is 0. The highest BCUT2D eigenvalue weighted by Crippen LogP contribution is 2.34. The van der Waals surface area contributed by atoms with Crippen molar-refractivity contribution < 1.29 is 8.83 Å². The normalized spacial score (nSPS) is 12.0. The molecule has 0 amide bonds. The van der Waals surface area contributed by atoms with Gasteiger partial charge in [-0.05, 0) is 65.2 Å². The van der Waals surface area contributed by atoms with Gasteiger partial charge in [0.1, 0.15) is 28.7 Å². The maximum Gasteiger partial charge on any atom is 0.164 e. The Kier molecular flexibility index (Phi) is 8.35. The number of para-hydroxylation sites is 1. The van der Waals surface area contributed by atoms with Gasteiger partial charge in [-0.3, -0.25) is 0 Å². The number of nitrogens with zero attached hydrogens (tertiary/aromatic N) is 5. The SMILES string of the molecule is C(=NC(=Nc1coc2ccccc12)c1ccccc1)c1ccc2c(c1)oc1ccc(-c3nc(-c4ccccc4)nc(-c4cccc(-c5ccccc5)c4)n3)cc12. The summed E-state index contributed by atoms with van der Waals surface area (Å²) in [6.45, 7) is 0. The van der Waals surface area contributed by atoms with Crippen molar-refractivity contribution in [2.75, 3.05) is 0 Å². The Labute approximate surface area is 322 Å². The summed E-state index contributed by atoms with van der Waals surface area (Å²) in [5, 5.41) is 2.88. The van der Waals surface area contributed by atoms with Crippen LogP contribution >= 0.6 is 0 Å². The summed E-state index contributed by atoms with van der Waals surface area (Å²) >= 11 is 0. The van der Waals surface area contributed by atoms with Crippen LogP contribution in [0.1, 0.15) is 11.1 Å². The molecule has 0 N–H and O–H groups in total. The van der Waals surface area contributed by atoms with E-state index in [9.17, 15) is 0 Å². The van der Waals surface area contributed by atoms with Crippen molar-refractivity contribution in [2.24, 2.45) is 9.98 Å². The van der Waals surface area contributed by atoms with Crippen LogP contribution in [0.15, 0.2) is 201 Å². The zero-order chi connectivity index (χ0) is 37.3. The fraction of sp³-hybridized carbons (Fsp3) is 0. The lowest BCUT2D eigenvalue weighted by molar-refractivity contribution is 0.616. The Balaban J connectivity index is 1.02. The van der Waals surface area contributed by atoms with Crippen LogP contribution in [0.2, 0.25) is 0 Å². The molecule has 10 rings (SSSR count). The Bertz CT molecular complexity index is 3080. The molecule has 0 aliphatic heterocycles. The average molecular weight is 722 g/mol. The zero-order valence-corrected chi connectivity index (χ0v) is 30.0. The van der Waals surface area contributed by atoms with Crippen molar-refractivity contribution in [2.45, 2.75) is 0 Å². The minimum Gasteiger partial charge on any atom is -0.462 e. The van der Waals surface area contributed by atoms with Gasteiger partial charge in [0, 0.05) is 44.6 Å². The summed E-state index contributed by atoms with van der Waals surface area (Å²) in [5.41, 5.74) is 9.71. The lowest BCUT2D eigenvalue weighted by Crippen LogP contribution is -2.00. The molecule has 3 aromatic heterocycles. The lowest BCUT2D eigenvalue weighted by atomic mass is 10.0. The van der Waals surface area contributed by atoms with Crippen LogP contribution in [-0.2, 0) is 0 Å². The van der Waals surface area contributed by atoms with E-state index in [2.05, 4.69) is 36.4 Å². The molecule has 56 heavy (non-hydrogen) atoms. The summed E-state index contributed by atoms with van der Waals surface area (Å²) < 4.78 is 12.1. The molecule has 0 atom stereocenters. The summed E-state index contributed by atoms with van der Waals surface area (Å²) in [6, 6.07) is 58.6. The van der Waals surface area contributed by atoms with Gasteiger partial charge in [-0.15, -0.1) is 0 Å². The first-order chi connectivity index (χ1) is 27.7. The van der Waals surface area contributed by atoms with Crippen LogP contribution in [0, 0.1) is 0 Å². The molecule has 3 heterocycles. The van der Waals surface area contributed by atoms with E-state index in [0.717, 1.165) is 77.5 Å². The second-order valence-electron chi connectivity index (χ2n) is 13.4. The number of hydrogen-bond acceptors (Lipinski definition) is 6. The molecule has 7 nitrogen and oxygen atoms in total. The number of fused-ring (bicyclic) bond motifs is 4. The number of benzene rings is 7. The van der Waals surface area contributed by atoms with Crippen LogP contribution in [0.25, 0.3) is 78.2 Å². The number of aliphatic imine (C=N–C) groups is 2. The highest BCUT2D eigenvalue weighted by molar-refractivity contribution is 6.10. The number of aromatic nitrogens is 3. The molecule has 0 unspecified atom stereocenters. The van der Waals surface area contributed by atoms with Crippen LogP contribution in [0.4, 0.5) is 5.69 Å². The van der Waals surface area contributed by atoms with Gasteiger partial charge in [0.15, 0.2) is 23.3 Å². The van der Waals surface area contributed by atoms with Crippen LogP contribution in [0.5, 0.6) is 0 Å². The largest absolute Gasteiger partial charge is 0.462 e. The highest BCUT2D eigenvalue weighted by Gasteiger charge is 2.16. The van der Waals surface area contributed by atoms with Gasteiger partial charge in [0.2, 0.25) is 0 Å². The molecule has 7 aromatic carbocycles. The van der Waals surface area contributed by atoms with Crippen molar-refractivity contribution in [3.05, 3.63) is 193 Å². The molecule has 0 radical (unpaired) electrons. The maximum atomic E-state index is 6.39. The summed E-state index contributed by atoms with van der Waals surface area (Å²) in [6.07, 6.45) is 3.48. The van der Waals surface area contributed by atoms with E-state index in [4.69, 9.17) is 33.8 Å². The first kappa shape index (κ1) is 32.8. The fourth-order valence-corrected chi connectivity index (χ4v) is 6.89. The highest BCUT2D eigenvalue weighted by atomic mass is 16.3. The smallest absolute Gasteiger partial charge is 0.164 e. The van der Waals surface area contributed by atoms with Gasteiger partial charge in [0.25, 0.3) is 0 Å². The first-order valence-corrected chi connectivity index (χ1v) is 18.3. The van der Waals surface area contributed by atoms with E-state index in [1.807, 2.05) is 146 Å². The predicted octanol–water partition coefficient (Wildman–Crippen LogP) is 12.4. The van der Waals surface area contributed by atoms with Crippen molar-refractivity contribution in [1.29, 1.82) is 0 Å². The second kappa shape index (κ2) is 14.2. The van der Waals surface area contributed by atoms with Gasteiger partial charge in [0.05, 0.1) is 0 Å². The third kappa shape index (κ3) is 6.44. The van der Waals surface area contributed by atoms with E-state index in [1.165, 1.54) is 0 Å². The average Bonchev–Trinajstić information content (AvgIpc) is 3.86. The van der Waals surface area contributed by atoms with Gasteiger partial charge in [-0.1, -0.05) is 127 Å². The minimum absolute atomic E-state index is 0.574. The first-order valence-electron chi connectivity index (χ1n) is 18.3. The molecular weight excluding hydrogens is 691 g/mol. The molecule has 0 bridgehead atoms. The van der Waals surface area contributed by atoms with Crippen molar-refractivity contribution in [1.82, 2.24) is 15.0 Å². The summed E-state index contributed by atoms with van der Waals surface area (Å²) in [7, 11) is 0. The molecule has 0 spiro atoms. The Morgan fingerprint density at radius 2 is 1.09 bits per heavy atom. The molecular formula is C49H31N5O2. The molecule has 0 saturated carbocycles. The summed E-state index contributed by atoms with van der Waals surface area (Å²) in [5.74, 6) is 2.37. The van der Waals surface area contributed by atoms with Crippen molar-refractivity contribution in [3.8, 4) is 45.3 Å². The Hall–Kier alpha value is -7.77. The van der Waals surface area contributed by atoms with E-state index >= 15 is 0 Å². The fourth-order valence-electron chi connectivity index (χ4n) is 6.89. The van der Waals surface area contributed by atoms with Gasteiger partial charge in [-0.25, -0.2) is 24.9 Å². The Morgan fingerprint density at radius 3 is 1.88 bits per heavy atom. The topological polar surface area (TPSA) is 89.7 Å². The van der Waals surface area contributed by atoms with Crippen LogP contribution in [0.3, 0.4) is 0 Å². The number of rotatable bonds is 7. The predicted molar refractivity (Wildman–Crippen MR) is 225 cm³/mol. The molecule has 7 heteroatoms. The zero-order valence-electron chi connectivity index (χ0n) is 30.0. The molecule has 0 aliphatic rings. The van der Waals surface area contributed by atoms with Crippen LogP contribution < -0.4 is 0 Å². The number of furan rings is 2. The van der Waals surface area contributed by atoms with E-state index in [-0.39, 0.29) is 0 Å². The van der Waals surface area contributed by atoms with Crippen LogP contribution in [-0.4, -0.2) is 27.0 Å². The second-order valence-corrected chi connectivity index (χ2v) is 13.4. The van der Waals surface area contributed by atoms with Crippen molar-refractivity contribution in [3.63, 3.8) is 0 Å². The standard InChI is InChI=1S/C49H31N5O2/c1-4-13-33(14-5-1)36-19-12-20-37(28-36)48-52-47(35-17-8-3-9-18-35)53-49(54-48)38-24-26-44-41(29-38)39-25-23-32(27-45(39)56-44)30-50-46(34-15-6-2-7-16-34)51-42-31-55-43-22-11-10-21-40(42)43/h1-31H. The Morgan fingerprint density at radius 1 is 0.446 bits per heavy atom. The monoisotopic (exact) mass is 721 g/mol. The molecule has 0 saturated heterocycles. The third-order valence-corrected chi connectivity index (χ3v) is 9.70. The maximum absolute atomic E-state index is 6.39. The minimum atomic E-state index is 0.574. The van der Waals surface area contributed by atoms with Gasteiger partial charge >= 0.3 is 0 Å². The van der Waals surface area contributed by atoms with E-state index in [0.29, 0.717) is 23.3 Å². The van der Waals surface area contributed by atoms with Gasteiger partial charge in [-0.2, -0.15) is 0 Å². The van der Waals surface area contributed by atoms with E-state index in [1.54, 1.807) is 6.26 Å². The summed E-state index contributed by atoms with van der Waals surface area (Å²) in [4.78, 5) is 24.8.